The van der Waals surface area contributed by atoms with Gasteiger partial charge >= 0.3 is 6.03 Å². The summed E-state index contributed by atoms with van der Waals surface area (Å²) in [4.78, 5) is 37.2. The minimum absolute atomic E-state index is 0.203. The van der Waals surface area contributed by atoms with E-state index in [-0.39, 0.29) is 5.91 Å². The summed E-state index contributed by atoms with van der Waals surface area (Å²) in [5.74, 6) is -0.203. The minimum atomic E-state index is -0.431. The number of carbonyl (C=O) groups excluding carboxylic acids is 2. The monoisotopic (exact) mass is 508 g/mol. The molecule has 0 unspecified atom stereocenters. The molecular weight excluding hydrogens is 480 g/mol. The molecule has 0 aliphatic carbocycles. The second-order valence-electron chi connectivity index (χ2n) is 7.86. The standard InChI is InChI=1S/C24H28N8O3S/c1-3-5-16(6-4-2)28-23(34)30-24-26-15-20(36-24)19-13-17(18-14-27-31-21(18)29-19)22(33)25-7-8-32-9-11-35-12-10-32/h3-6,13-15H,1,7-12H2,2H3,(H,25,33)(H,27,29,31)(H2,26,28,30,34)/b6-4-,16-5+. The van der Waals surface area contributed by atoms with Crippen molar-refractivity contribution in [2.75, 3.05) is 44.7 Å². The number of fused-ring (bicyclic) bond motifs is 1. The van der Waals surface area contributed by atoms with Gasteiger partial charge in [0.15, 0.2) is 10.8 Å². The van der Waals surface area contributed by atoms with Gasteiger partial charge in [-0.15, -0.1) is 0 Å². The van der Waals surface area contributed by atoms with Crippen LogP contribution < -0.4 is 16.0 Å². The molecule has 36 heavy (non-hydrogen) atoms. The summed E-state index contributed by atoms with van der Waals surface area (Å²) >= 11 is 1.25. The first-order chi connectivity index (χ1) is 17.6. The lowest BCUT2D eigenvalue weighted by atomic mass is 10.1. The molecule has 3 amide bonds. The SMILES string of the molecule is C=C/C=C(\C=C/C)NC(=O)Nc1ncc(-c2cc(C(=O)NCCN3CCOCC3)c3cn[nH]c3n2)s1. The Morgan fingerprint density at radius 1 is 1.31 bits per heavy atom. The number of pyridine rings is 1. The number of nitrogens with one attached hydrogen (secondary N) is 4. The summed E-state index contributed by atoms with van der Waals surface area (Å²) in [5.41, 5.74) is 2.11. The van der Waals surface area contributed by atoms with Crippen molar-refractivity contribution in [3.63, 3.8) is 0 Å². The fourth-order valence-corrected chi connectivity index (χ4v) is 4.42. The number of amides is 3. The zero-order valence-electron chi connectivity index (χ0n) is 19.9. The van der Waals surface area contributed by atoms with E-state index in [0.29, 0.717) is 57.8 Å². The van der Waals surface area contributed by atoms with Crippen LogP contribution >= 0.6 is 11.3 Å². The number of carbonyl (C=O) groups is 2. The third kappa shape index (κ3) is 6.42. The number of H-pyrrole nitrogens is 1. The first-order valence-electron chi connectivity index (χ1n) is 11.5. The van der Waals surface area contributed by atoms with E-state index in [1.165, 1.54) is 11.3 Å². The molecule has 1 fully saturated rings. The van der Waals surface area contributed by atoms with Crippen molar-refractivity contribution in [2.45, 2.75) is 6.92 Å². The summed E-state index contributed by atoms with van der Waals surface area (Å²) in [7, 11) is 0. The molecule has 4 rings (SSSR count). The summed E-state index contributed by atoms with van der Waals surface area (Å²) in [6, 6.07) is 1.29. The zero-order chi connectivity index (χ0) is 25.3. The summed E-state index contributed by atoms with van der Waals surface area (Å²) in [6.07, 6.45) is 10.0. The molecule has 0 saturated carbocycles. The van der Waals surface area contributed by atoms with Crippen LogP contribution in [-0.2, 0) is 4.74 Å². The van der Waals surface area contributed by atoms with Crippen LogP contribution in [0, 0.1) is 0 Å². The van der Waals surface area contributed by atoms with Gasteiger partial charge in [-0.25, -0.2) is 14.8 Å². The molecule has 3 aromatic rings. The van der Waals surface area contributed by atoms with Crippen molar-refractivity contribution >= 4 is 39.4 Å². The number of nitrogens with zero attached hydrogens (tertiary/aromatic N) is 4. The number of hydrogen-bond donors (Lipinski definition) is 4. The minimum Gasteiger partial charge on any atom is -0.379 e. The molecule has 188 valence electrons. The van der Waals surface area contributed by atoms with E-state index in [1.807, 2.05) is 13.0 Å². The highest BCUT2D eigenvalue weighted by Gasteiger charge is 2.18. The van der Waals surface area contributed by atoms with Crippen LogP contribution in [0.3, 0.4) is 0 Å². The lowest BCUT2D eigenvalue weighted by Gasteiger charge is -2.26. The Morgan fingerprint density at radius 3 is 2.92 bits per heavy atom. The van der Waals surface area contributed by atoms with Gasteiger partial charge in [-0.3, -0.25) is 20.1 Å². The predicted octanol–water partition coefficient (Wildman–Crippen LogP) is 2.91. The molecule has 0 spiro atoms. The van der Waals surface area contributed by atoms with Gasteiger partial charge in [-0.05, 0) is 25.1 Å². The van der Waals surface area contributed by atoms with Crippen LogP contribution in [0.25, 0.3) is 21.6 Å². The molecular formula is C24H28N8O3S. The van der Waals surface area contributed by atoms with E-state index >= 15 is 0 Å². The second kappa shape index (κ2) is 12.2. The van der Waals surface area contributed by atoms with Crippen LogP contribution in [0.1, 0.15) is 17.3 Å². The van der Waals surface area contributed by atoms with E-state index in [0.717, 1.165) is 19.6 Å². The number of allylic oxidation sites excluding steroid dienone is 4. The van der Waals surface area contributed by atoms with Gasteiger partial charge < -0.3 is 15.4 Å². The summed E-state index contributed by atoms with van der Waals surface area (Å²) < 4.78 is 5.36. The van der Waals surface area contributed by atoms with Gasteiger partial charge in [0.05, 0.1) is 40.9 Å². The molecule has 4 N–H and O–H groups in total. The van der Waals surface area contributed by atoms with E-state index < -0.39 is 6.03 Å². The third-order valence-corrected chi connectivity index (χ3v) is 6.30. The quantitative estimate of drug-likeness (QED) is 0.326. The third-order valence-electron chi connectivity index (χ3n) is 5.36. The maximum atomic E-state index is 13.0. The number of morpholine rings is 1. The van der Waals surface area contributed by atoms with Crippen molar-refractivity contribution in [1.82, 2.24) is 35.7 Å². The molecule has 4 heterocycles. The summed E-state index contributed by atoms with van der Waals surface area (Å²) in [6.45, 7) is 9.93. The maximum absolute atomic E-state index is 13.0. The van der Waals surface area contributed by atoms with Gasteiger partial charge in [0.2, 0.25) is 0 Å². The van der Waals surface area contributed by atoms with Crippen molar-refractivity contribution < 1.29 is 14.3 Å². The number of aromatic amines is 1. The highest BCUT2D eigenvalue weighted by Crippen LogP contribution is 2.30. The Kier molecular flexibility index (Phi) is 8.55. The molecule has 11 nitrogen and oxygen atoms in total. The van der Waals surface area contributed by atoms with Crippen LogP contribution in [0.5, 0.6) is 0 Å². The number of thiazole rings is 1. The number of ether oxygens (including phenoxy) is 1. The fraction of sp³-hybridized carbons (Fsp3) is 0.292. The van der Waals surface area contributed by atoms with Crippen LogP contribution in [0.15, 0.2) is 55.0 Å². The first-order valence-corrected chi connectivity index (χ1v) is 12.3. The predicted molar refractivity (Wildman–Crippen MR) is 140 cm³/mol. The Labute approximate surface area is 212 Å². The van der Waals surface area contributed by atoms with E-state index in [4.69, 9.17) is 4.74 Å². The Hall–Kier alpha value is -3.87. The zero-order valence-corrected chi connectivity index (χ0v) is 20.7. The second-order valence-corrected chi connectivity index (χ2v) is 8.89. The molecule has 0 bridgehead atoms. The molecule has 0 atom stereocenters. The number of urea groups is 1. The molecule has 0 radical (unpaired) electrons. The average molecular weight is 509 g/mol. The van der Waals surface area contributed by atoms with Gasteiger partial charge in [0.25, 0.3) is 5.91 Å². The normalized spacial score (nSPS) is 14.8. The Morgan fingerprint density at radius 2 is 2.14 bits per heavy atom. The Bertz CT molecular complexity index is 1290. The number of aromatic nitrogens is 4. The van der Waals surface area contributed by atoms with Crippen molar-refractivity contribution in [1.29, 1.82) is 0 Å². The molecule has 3 aromatic heterocycles. The Balaban J connectivity index is 1.46. The van der Waals surface area contributed by atoms with Crippen LogP contribution in [0.2, 0.25) is 0 Å². The van der Waals surface area contributed by atoms with E-state index in [2.05, 4.69) is 47.6 Å². The molecule has 12 heteroatoms. The van der Waals surface area contributed by atoms with Crippen LogP contribution in [-0.4, -0.2) is 76.4 Å². The maximum Gasteiger partial charge on any atom is 0.325 e. The van der Waals surface area contributed by atoms with Crippen LogP contribution in [0.4, 0.5) is 9.93 Å². The van der Waals surface area contributed by atoms with Gasteiger partial charge in [-0.2, -0.15) is 5.10 Å². The van der Waals surface area contributed by atoms with Crippen molar-refractivity contribution in [3.8, 4) is 10.6 Å². The molecule has 1 aliphatic rings. The molecule has 1 saturated heterocycles. The average Bonchev–Trinajstić information content (AvgIpc) is 3.54. The van der Waals surface area contributed by atoms with Gasteiger partial charge in [0, 0.05) is 38.1 Å². The highest BCUT2D eigenvalue weighted by molar-refractivity contribution is 7.19. The number of rotatable bonds is 9. The number of anilines is 1. The lowest BCUT2D eigenvalue weighted by molar-refractivity contribution is 0.0383. The highest BCUT2D eigenvalue weighted by atomic mass is 32.1. The smallest absolute Gasteiger partial charge is 0.325 e. The largest absolute Gasteiger partial charge is 0.379 e. The fourth-order valence-electron chi connectivity index (χ4n) is 3.65. The van der Waals surface area contributed by atoms with Crippen molar-refractivity contribution in [2.24, 2.45) is 0 Å². The van der Waals surface area contributed by atoms with Gasteiger partial charge in [0.1, 0.15) is 0 Å². The lowest BCUT2D eigenvalue weighted by Crippen LogP contribution is -2.41. The first kappa shape index (κ1) is 25.2. The van der Waals surface area contributed by atoms with Crippen molar-refractivity contribution in [3.05, 3.63) is 60.6 Å². The molecule has 1 aliphatic heterocycles. The molecule has 0 aromatic carbocycles. The topological polar surface area (TPSA) is 137 Å². The summed E-state index contributed by atoms with van der Waals surface area (Å²) in [5, 5.41) is 16.4. The van der Waals surface area contributed by atoms with E-state index in [1.54, 1.807) is 36.7 Å². The van der Waals surface area contributed by atoms with Gasteiger partial charge in [-0.1, -0.05) is 30.1 Å². The number of hydrogen-bond acceptors (Lipinski definition) is 8. The van der Waals surface area contributed by atoms with E-state index in [9.17, 15) is 9.59 Å².